The molecule has 0 aromatic heterocycles. The van der Waals surface area contributed by atoms with Gasteiger partial charge >= 0.3 is 0 Å². The number of primary amides is 1. The lowest BCUT2D eigenvalue weighted by Crippen LogP contribution is -2.32. The number of benzene rings is 1. The van der Waals surface area contributed by atoms with Crippen molar-refractivity contribution in [2.75, 3.05) is 17.8 Å². The minimum Gasteiger partial charge on any atom is -0.491 e. The molecule has 0 radical (unpaired) electrons. The summed E-state index contributed by atoms with van der Waals surface area (Å²) < 4.78 is 5.45. The minimum atomic E-state index is -0.679. The van der Waals surface area contributed by atoms with Crippen LogP contribution < -0.4 is 15.8 Å². The zero-order valence-electron chi connectivity index (χ0n) is 11.6. The zero-order valence-corrected chi connectivity index (χ0v) is 12.4. The van der Waals surface area contributed by atoms with Crippen LogP contribution in [0.25, 0.3) is 0 Å². The van der Waals surface area contributed by atoms with Gasteiger partial charge in [-0.3, -0.25) is 9.59 Å². The Morgan fingerprint density at radius 3 is 2.60 bits per heavy atom. The van der Waals surface area contributed by atoms with Gasteiger partial charge in [-0.25, -0.2) is 0 Å². The van der Waals surface area contributed by atoms with E-state index in [-0.39, 0.29) is 24.8 Å². The number of carbonyl (C=O) groups excluding carboxylic acids is 2. The average Bonchev–Trinajstić information content (AvgIpc) is 2.40. The lowest BCUT2D eigenvalue weighted by Gasteiger charge is -2.21. The SMILES string of the molecule is CC(C)(CCl)C(=O)Nc1ccccc1OCCC(N)=O. The average molecular weight is 299 g/mol. The Bertz CT molecular complexity index is 489. The van der Waals surface area contributed by atoms with E-state index in [0.29, 0.717) is 11.4 Å². The summed E-state index contributed by atoms with van der Waals surface area (Å²) in [5.74, 6) is 0.0736. The van der Waals surface area contributed by atoms with E-state index in [0.717, 1.165) is 0 Å². The van der Waals surface area contributed by atoms with Crippen LogP contribution in [-0.4, -0.2) is 24.3 Å². The van der Waals surface area contributed by atoms with Crippen molar-refractivity contribution in [2.24, 2.45) is 11.1 Å². The Balaban J connectivity index is 2.75. The van der Waals surface area contributed by atoms with E-state index in [1.54, 1.807) is 38.1 Å². The van der Waals surface area contributed by atoms with Crippen LogP contribution in [0.4, 0.5) is 5.69 Å². The van der Waals surface area contributed by atoms with E-state index < -0.39 is 11.3 Å². The van der Waals surface area contributed by atoms with Crippen molar-refractivity contribution in [2.45, 2.75) is 20.3 Å². The molecule has 0 atom stereocenters. The van der Waals surface area contributed by atoms with E-state index in [4.69, 9.17) is 22.1 Å². The molecule has 0 fully saturated rings. The van der Waals surface area contributed by atoms with Crippen LogP contribution in [0.3, 0.4) is 0 Å². The molecule has 0 spiro atoms. The number of para-hydroxylation sites is 2. The van der Waals surface area contributed by atoms with E-state index >= 15 is 0 Å². The van der Waals surface area contributed by atoms with Crippen LogP contribution in [-0.2, 0) is 9.59 Å². The molecule has 1 aromatic rings. The van der Waals surface area contributed by atoms with Gasteiger partial charge in [0.1, 0.15) is 5.75 Å². The fourth-order valence-corrected chi connectivity index (χ4v) is 1.43. The molecule has 0 heterocycles. The third-order valence-corrected chi connectivity index (χ3v) is 3.36. The molecule has 20 heavy (non-hydrogen) atoms. The highest BCUT2D eigenvalue weighted by Crippen LogP contribution is 2.27. The number of anilines is 1. The molecule has 0 aliphatic rings. The third kappa shape index (κ3) is 4.74. The second-order valence-corrected chi connectivity index (χ2v) is 5.30. The molecule has 110 valence electrons. The summed E-state index contributed by atoms with van der Waals surface area (Å²) in [5.41, 5.74) is 4.91. The van der Waals surface area contributed by atoms with Crippen molar-refractivity contribution in [1.29, 1.82) is 0 Å². The van der Waals surface area contributed by atoms with Gasteiger partial charge in [-0.2, -0.15) is 0 Å². The van der Waals surface area contributed by atoms with Crippen LogP contribution in [0.2, 0.25) is 0 Å². The van der Waals surface area contributed by atoms with Crippen LogP contribution in [0.5, 0.6) is 5.75 Å². The van der Waals surface area contributed by atoms with Gasteiger partial charge in [0, 0.05) is 5.88 Å². The quantitative estimate of drug-likeness (QED) is 0.757. The number of hydrogen-bond donors (Lipinski definition) is 2. The molecule has 0 bridgehead atoms. The second-order valence-electron chi connectivity index (χ2n) is 5.03. The predicted molar refractivity (Wildman–Crippen MR) is 78.9 cm³/mol. The summed E-state index contributed by atoms with van der Waals surface area (Å²) in [4.78, 5) is 22.8. The number of carbonyl (C=O) groups is 2. The van der Waals surface area contributed by atoms with Gasteiger partial charge in [-0.15, -0.1) is 11.6 Å². The van der Waals surface area contributed by atoms with Gasteiger partial charge in [0.25, 0.3) is 0 Å². The summed E-state index contributed by atoms with van der Waals surface area (Å²) in [6, 6.07) is 7.00. The minimum absolute atomic E-state index is 0.120. The number of nitrogens with two attached hydrogens (primary N) is 1. The first kappa shape index (κ1) is 16.3. The summed E-state index contributed by atoms with van der Waals surface area (Å²) in [6.07, 6.45) is 0.120. The highest BCUT2D eigenvalue weighted by Gasteiger charge is 2.27. The van der Waals surface area contributed by atoms with E-state index in [9.17, 15) is 9.59 Å². The monoisotopic (exact) mass is 298 g/mol. The van der Waals surface area contributed by atoms with Gasteiger partial charge in [0.05, 0.1) is 24.1 Å². The molecule has 0 aliphatic heterocycles. The van der Waals surface area contributed by atoms with Crippen LogP contribution in [0.15, 0.2) is 24.3 Å². The first-order valence-corrected chi connectivity index (χ1v) is 6.78. The van der Waals surface area contributed by atoms with Gasteiger partial charge < -0.3 is 15.8 Å². The highest BCUT2D eigenvalue weighted by atomic mass is 35.5. The molecule has 0 aliphatic carbocycles. The topological polar surface area (TPSA) is 81.4 Å². The fraction of sp³-hybridized carbons (Fsp3) is 0.429. The highest BCUT2D eigenvalue weighted by molar-refractivity contribution is 6.20. The molecular weight excluding hydrogens is 280 g/mol. The number of rotatable bonds is 7. The zero-order chi connectivity index (χ0) is 15.2. The Kier molecular flexibility index (Phi) is 5.82. The summed E-state index contributed by atoms with van der Waals surface area (Å²) >= 11 is 5.77. The summed E-state index contributed by atoms with van der Waals surface area (Å²) in [7, 11) is 0. The molecule has 1 rings (SSSR count). The second kappa shape index (κ2) is 7.14. The molecule has 2 amide bonds. The van der Waals surface area contributed by atoms with Crippen molar-refractivity contribution in [3.63, 3.8) is 0 Å². The van der Waals surface area contributed by atoms with Crippen molar-refractivity contribution < 1.29 is 14.3 Å². The van der Waals surface area contributed by atoms with Crippen molar-refractivity contribution in [3.8, 4) is 5.75 Å². The molecule has 6 heteroatoms. The number of ether oxygens (including phenoxy) is 1. The van der Waals surface area contributed by atoms with Crippen molar-refractivity contribution in [1.82, 2.24) is 0 Å². The standard InChI is InChI=1S/C14H19ClN2O3/c1-14(2,9-15)13(19)17-10-5-3-4-6-11(10)20-8-7-12(16)18/h3-6H,7-9H2,1-2H3,(H2,16,18)(H,17,19). The molecule has 0 unspecified atom stereocenters. The van der Waals surface area contributed by atoms with Gasteiger partial charge in [-0.1, -0.05) is 12.1 Å². The third-order valence-electron chi connectivity index (χ3n) is 2.69. The van der Waals surface area contributed by atoms with Crippen LogP contribution in [0.1, 0.15) is 20.3 Å². The summed E-state index contributed by atoms with van der Waals surface area (Å²) in [6.45, 7) is 3.68. The number of amides is 2. The van der Waals surface area contributed by atoms with E-state index in [1.165, 1.54) is 0 Å². The van der Waals surface area contributed by atoms with E-state index in [2.05, 4.69) is 5.32 Å². The maximum Gasteiger partial charge on any atom is 0.231 e. The first-order chi connectivity index (χ1) is 9.36. The van der Waals surface area contributed by atoms with Crippen LogP contribution >= 0.6 is 11.6 Å². The number of hydrogen-bond acceptors (Lipinski definition) is 3. The van der Waals surface area contributed by atoms with Gasteiger partial charge in [0.2, 0.25) is 11.8 Å². The van der Waals surface area contributed by atoms with E-state index in [1.807, 2.05) is 0 Å². The molecule has 3 N–H and O–H groups in total. The Labute approximate surface area is 123 Å². The smallest absolute Gasteiger partial charge is 0.231 e. The Morgan fingerprint density at radius 1 is 1.35 bits per heavy atom. The van der Waals surface area contributed by atoms with Gasteiger partial charge in [0.15, 0.2) is 0 Å². The fourth-order valence-electron chi connectivity index (χ4n) is 1.31. The van der Waals surface area contributed by atoms with Crippen LogP contribution in [0, 0.1) is 5.41 Å². The number of alkyl halides is 1. The Morgan fingerprint density at radius 2 is 2.00 bits per heavy atom. The first-order valence-electron chi connectivity index (χ1n) is 6.24. The molecule has 1 aromatic carbocycles. The Hall–Kier alpha value is -1.75. The molecule has 0 saturated heterocycles. The lowest BCUT2D eigenvalue weighted by molar-refractivity contribution is -0.123. The number of halogens is 1. The van der Waals surface area contributed by atoms with Gasteiger partial charge in [-0.05, 0) is 26.0 Å². The maximum atomic E-state index is 12.1. The lowest BCUT2D eigenvalue weighted by atomic mass is 9.95. The molecule has 0 saturated carbocycles. The largest absolute Gasteiger partial charge is 0.491 e. The summed E-state index contributed by atoms with van der Waals surface area (Å²) in [5, 5.41) is 2.78. The normalized spacial score (nSPS) is 10.9. The van der Waals surface area contributed by atoms with Crippen molar-refractivity contribution in [3.05, 3.63) is 24.3 Å². The molecular formula is C14H19ClN2O3. The predicted octanol–water partition coefficient (Wildman–Crippen LogP) is 2.14. The molecule has 5 nitrogen and oxygen atoms in total. The maximum absolute atomic E-state index is 12.1. The van der Waals surface area contributed by atoms with Crippen molar-refractivity contribution >= 4 is 29.1 Å². The number of nitrogens with one attached hydrogen (secondary N) is 1.